The second-order valence-electron chi connectivity index (χ2n) is 5.22. The Bertz CT molecular complexity index is 539. The standard InChI is InChI=1S/C11H21NO6S2/c1-3-8(2)10(11(13)14)12-20(17,18)9-4-6-19(15,16)7-5-9/h8-10,12H,3-7H2,1-2H3,(H,13,14). The molecule has 2 N–H and O–H groups in total. The molecular formula is C11H21NO6S2. The van der Waals surface area contributed by atoms with E-state index < -0.39 is 37.1 Å². The normalized spacial score (nSPS) is 23.1. The van der Waals surface area contributed by atoms with Gasteiger partial charge in [0.05, 0.1) is 16.8 Å². The third-order valence-corrected chi connectivity index (χ3v) is 7.36. The van der Waals surface area contributed by atoms with E-state index in [0.717, 1.165) is 0 Å². The Morgan fingerprint density at radius 2 is 1.85 bits per heavy atom. The summed E-state index contributed by atoms with van der Waals surface area (Å²) in [6.45, 7) is 3.44. The first kappa shape index (κ1) is 17.4. The first-order chi connectivity index (χ1) is 9.09. The SMILES string of the molecule is CCC(C)C(NS(=O)(=O)C1CCS(=O)(=O)CC1)C(=O)O. The van der Waals surface area contributed by atoms with E-state index in [9.17, 15) is 21.6 Å². The highest BCUT2D eigenvalue weighted by molar-refractivity contribution is 7.92. The van der Waals surface area contributed by atoms with Crippen LogP contribution in [-0.4, -0.2) is 50.7 Å². The van der Waals surface area contributed by atoms with Gasteiger partial charge in [0.2, 0.25) is 10.0 Å². The number of aliphatic carboxylic acids is 1. The molecule has 0 amide bonds. The maximum atomic E-state index is 12.2. The average Bonchev–Trinajstić information content (AvgIpc) is 2.34. The van der Waals surface area contributed by atoms with Crippen molar-refractivity contribution in [1.29, 1.82) is 0 Å². The predicted octanol–water partition coefficient (Wildman–Crippen LogP) is -0.0177. The maximum Gasteiger partial charge on any atom is 0.322 e. The first-order valence-electron chi connectivity index (χ1n) is 6.53. The number of carbonyl (C=O) groups is 1. The molecule has 20 heavy (non-hydrogen) atoms. The minimum absolute atomic E-state index is 0.0184. The van der Waals surface area contributed by atoms with Gasteiger partial charge in [-0.2, -0.15) is 0 Å². The van der Waals surface area contributed by atoms with Gasteiger partial charge < -0.3 is 5.11 Å². The fourth-order valence-corrected chi connectivity index (χ4v) is 5.62. The maximum absolute atomic E-state index is 12.2. The molecule has 0 radical (unpaired) electrons. The molecule has 0 bridgehead atoms. The Labute approximate surface area is 119 Å². The fraction of sp³-hybridized carbons (Fsp3) is 0.909. The summed E-state index contributed by atoms with van der Waals surface area (Å²) in [7, 11) is -6.98. The highest BCUT2D eigenvalue weighted by atomic mass is 32.2. The van der Waals surface area contributed by atoms with Crippen molar-refractivity contribution in [2.24, 2.45) is 5.92 Å². The van der Waals surface area contributed by atoms with Crippen LogP contribution in [0.4, 0.5) is 0 Å². The van der Waals surface area contributed by atoms with Crippen molar-refractivity contribution >= 4 is 25.8 Å². The van der Waals surface area contributed by atoms with E-state index in [4.69, 9.17) is 5.11 Å². The third-order valence-electron chi connectivity index (χ3n) is 3.71. The lowest BCUT2D eigenvalue weighted by molar-refractivity contribution is -0.140. The van der Waals surface area contributed by atoms with E-state index >= 15 is 0 Å². The van der Waals surface area contributed by atoms with Crippen LogP contribution in [0.2, 0.25) is 0 Å². The van der Waals surface area contributed by atoms with E-state index in [-0.39, 0.29) is 30.3 Å². The Hall–Kier alpha value is -0.670. The number of carboxylic acid groups (broad SMARTS) is 1. The zero-order valence-electron chi connectivity index (χ0n) is 11.6. The van der Waals surface area contributed by atoms with Crippen molar-refractivity contribution in [3.05, 3.63) is 0 Å². The van der Waals surface area contributed by atoms with Gasteiger partial charge in [0.15, 0.2) is 0 Å². The molecule has 1 saturated heterocycles. The third kappa shape index (κ3) is 4.42. The van der Waals surface area contributed by atoms with Crippen molar-refractivity contribution in [3.63, 3.8) is 0 Å². The Morgan fingerprint density at radius 1 is 1.35 bits per heavy atom. The van der Waals surface area contributed by atoms with Crippen molar-refractivity contribution in [2.45, 2.75) is 44.4 Å². The highest BCUT2D eigenvalue weighted by Crippen LogP contribution is 2.20. The van der Waals surface area contributed by atoms with Gasteiger partial charge in [0.1, 0.15) is 15.9 Å². The van der Waals surface area contributed by atoms with Gasteiger partial charge in [-0.3, -0.25) is 4.79 Å². The molecule has 2 atom stereocenters. The quantitative estimate of drug-likeness (QED) is 0.708. The monoisotopic (exact) mass is 327 g/mol. The van der Waals surface area contributed by atoms with Gasteiger partial charge in [-0.05, 0) is 18.8 Å². The van der Waals surface area contributed by atoms with Crippen molar-refractivity contribution < 1.29 is 26.7 Å². The van der Waals surface area contributed by atoms with E-state index in [1.807, 2.05) is 0 Å². The minimum Gasteiger partial charge on any atom is -0.480 e. The molecule has 0 aromatic rings. The lowest BCUT2D eigenvalue weighted by Crippen LogP contribution is -2.49. The zero-order valence-corrected chi connectivity index (χ0v) is 13.2. The number of rotatable bonds is 6. The molecule has 1 rings (SSSR count). The summed E-state index contributed by atoms with van der Waals surface area (Å²) < 4.78 is 49.1. The molecule has 7 nitrogen and oxygen atoms in total. The summed E-state index contributed by atoms with van der Waals surface area (Å²) >= 11 is 0. The molecule has 1 fully saturated rings. The van der Waals surface area contributed by atoms with Crippen LogP contribution in [0, 0.1) is 5.92 Å². The second kappa shape index (κ2) is 6.40. The summed E-state index contributed by atoms with van der Waals surface area (Å²) in [5.41, 5.74) is 0. The van der Waals surface area contributed by atoms with Gasteiger partial charge in [0.25, 0.3) is 0 Å². The smallest absolute Gasteiger partial charge is 0.322 e. The highest BCUT2D eigenvalue weighted by Gasteiger charge is 2.36. The van der Waals surface area contributed by atoms with E-state index in [1.54, 1.807) is 13.8 Å². The molecule has 1 heterocycles. The summed E-state index contributed by atoms with van der Waals surface area (Å²) in [6, 6.07) is -1.18. The molecule has 0 saturated carbocycles. The molecule has 1 aliphatic rings. The summed E-state index contributed by atoms with van der Waals surface area (Å²) in [5, 5.41) is 8.26. The Morgan fingerprint density at radius 3 is 2.25 bits per heavy atom. The van der Waals surface area contributed by atoms with Crippen LogP contribution in [0.1, 0.15) is 33.1 Å². The summed E-state index contributed by atoms with van der Waals surface area (Å²) in [4.78, 5) is 11.1. The largest absolute Gasteiger partial charge is 0.480 e. The van der Waals surface area contributed by atoms with Crippen LogP contribution < -0.4 is 4.72 Å². The van der Waals surface area contributed by atoms with E-state index in [2.05, 4.69) is 4.72 Å². The van der Waals surface area contributed by atoms with Crippen LogP contribution >= 0.6 is 0 Å². The van der Waals surface area contributed by atoms with Crippen molar-refractivity contribution in [3.8, 4) is 0 Å². The summed E-state index contributed by atoms with van der Waals surface area (Å²) in [5.74, 6) is -1.89. The molecule has 9 heteroatoms. The molecule has 0 aromatic carbocycles. The molecular weight excluding hydrogens is 306 g/mol. The van der Waals surface area contributed by atoms with Gasteiger partial charge in [-0.1, -0.05) is 20.3 Å². The lowest BCUT2D eigenvalue weighted by atomic mass is 10.0. The van der Waals surface area contributed by atoms with E-state index in [1.165, 1.54) is 0 Å². The summed E-state index contributed by atoms with van der Waals surface area (Å²) in [6.07, 6.45) is 0.563. The van der Waals surface area contributed by atoms with E-state index in [0.29, 0.717) is 6.42 Å². The van der Waals surface area contributed by atoms with Crippen LogP contribution in [0.3, 0.4) is 0 Å². The molecule has 0 spiro atoms. The number of hydrogen-bond donors (Lipinski definition) is 2. The molecule has 2 unspecified atom stereocenters. The number of hydrogen-bond acceptors (Lipinski definition) is 5. The fourth-order valence-electron chi connectivity index (χ4n) is 2.10. The number of sulfonamides is 1. The topological polar surface area (TPSA) is 118 Å². The zero-order chi connectivity index (χ0) is 15.6. The number of nitrogens with one attached hydrogen (secondary N) is 1. The molecule has 0 aliphatic carbocycles. The lowest BCUT2D eigenvalue weighted by Gasteiger charge is -2.26. The van der Waals surface area contributed by atoms with Crippen LogP contribution in [-0.2, 0) is 24.7 Å². The molecule has 1 aliphatic heterocycles. The Kier molecular flexibility index (Phi) is 5.56. The van der Waals surface area contributed by atoms with Crippen LogP contribution in [0.5, 0.6) is 0 Å². The average molecular weight is 327 g/mol. The van der Waals surface area contributed by atoms with Gasteiger partial charge in [-0.15, -0.1) is 0 Å². The Balaban J connectivity index is 2.81. The number of sulfone groups is 1. The number of carboxylic acids is 1. The first-order valence-corrected chi connectivity index (χ1v) is 9.90. The predicted molar refractivity (Wildman–Crippen MR) is 74.6 cm³/mol. The molecule has 118 valence electrons. The van der Waals surface area contributed by atoms with Gasteiger partial charge >= 0.3 is 5.97 Å². The van der Waals surface area contributed by atoms with Crippen LogP contribution in [0.25, 0.3) is 0 Å². The minimum atomic E-state index is -3.83. The van der Waals surface area contributed by atoms with Crippen molar-refractivity contribution in [1.82, 2.24) is 4.72 Å². The van der Waals surface area contributed by atoms with Crippen molar-refractivity contribution in [2.75, 3.05) is 11.5 Å². The molecule has 0 aromatic heterocycles. The van der Waals surface area contributed by atoms with Gasteiger partial charge in [0, 0.05) is 0 Å². The van der Waals surface area contributed by atoms with Gasteiger partial charge in [-0.25, -0.2) is 21.6 Å². The van der Waals surface area contributed by atoms with Crippen LogP contribution in [0.15, 0.2) is 0 Å². The second-order valence-corrected chi connectivity index (χ2v) is 9.51.